The molecular weight excluding hydrogens is 248 g/mol. The minimum Gasteiger partial charge on any atom is -0.322 e. The number of carbonyl (C=O) groups is 1. The second-order valence-electron chi connectivity index (χ2n) is 4.36. The van der Waals surface area contributed by atoms with E-state index in [0.717, 1.165) is 29.3 Å². The highest BCUT2D eigenvalue weighted by molar-refractivity contribution is 6.04. The van der Waals surface area contributed by atoms with Crippen LogP contribution in [0.15, 0.2) is 36.4 Å². The highest BCUT2D eigenvalue weighted by Crippen LogP contribution is 2.19. The van der Waals surface area contributed by atoms with Gasteiger partial charge in [0.15, 0.2) is 0 Å². The summed E-state index contributed by atoms with van der Waals surface area (Å²) >= 11 is 0. The van der Waals surface area contributed by atoms with Gasteiger partial charge in [-0.3, -0.25) is 4.79 Å². The van der Waals surface area contributed by atoms with Crippen molar-refractivity contribution in [3.8, 4) is 0 Å². The van der Waals surface area contributed by atoms with Gasteiger partial charge in [-0.15, -0.1) is 0 Å². The minimum absolute atomic E-state index is 0.0431. The van der Waals surface area contributed by atoms with E-state index in [0.29, 0.717) is 5.69 Å². The van der Waals surface area contributed by atoms with E-state index in [1.807, 2.05) is 26.0 Å². The molecule has 0 heterocycles. The average molecular weight is 261 g/mol. The first-order valence-electron chi connectivity index (χ1n) is 5.81. The smallest absolute Gasteiger partial charge is 0.255 e. The lowest BCUT2D eigenvalue weighted by Crippen LogP contribution is -2.13. The van der Waals surface area contributed by atoms with Gasteiger partial charge in [0.2, 0.25) is 0 Å². The third kappa shape index (κ3) is 2.96. The Hall–Kier alpha value is -2.23. The van der Waals surface area contributed by atoms with E-state index in [1.165, 1.54) is 0 Å². The van der Waals surface area contributed by atoms with Crippen LogP contribution < -0.4 is 5.32 Å². The fourth-order valence-electron chi connectivity index (χ4n) is 1.77. The van der Waals surface area contributed by atoms with Gasteiger partial charge in [-0.25, -0.2) is 8.78 Å². The normalized spacial score (nSPS) is 10.3. The van der Waals surface area contributed by atoms with E-state index in [1.54, 1.807) is 6.07 Å². The molecule has 2 aromatic rings. The van der Waals surface area contributed by atoms with Crippen molar-refractivity contribution in [3.05, 3.63) is 64.7 Å². The molecule has 1 amide bonds. The lowest BCUT2D eigenvalue weighted by molar-refractivity contribution is 0.102. The molecule has 0 spiro atoms. The van der Waals surface area contributed by atoms with Crippen LogP contribution in [0, 0.1) is 25.5 Å². The zero-order chi connectivity index (χ0) is 14.0. The molecule has 2 nitrogen and oxygen atoms in total. The third-order valence-electron chi connectivity index (χ3n) is 2.98. The lowest BCUT2D eigenvalue weighted by atomic mass is 10.1. The van der Waals surface area contributed by atoms with Crippen LogP contribution in [0.4, 0.5) is 14.5 Å². The Morgan fingerprint density at radius 1 is 1.05 bits per heavy atom. The summed E-state index contributed by atoms with van der Waals surface area (Å²) in [6, 6.07) is 8.22. The van der Waals surface area contributed by atoms with Gasteiger partial charge in [0.05, 0.1) is 0 Å². The molecule has 0 radical (unpaired) electrons. The molecule has 98 valence electrons. The Balaban J connectivity index is 2.28. The van der Waals surface area contributed by atoms with Crippen LogP contribution in [0.25, 0.3) is 0 Å². The SMILES string of the molecule is Cc1cccc(NC(=O)c2cc(F)cc(F)c2)c1C. The number of hydrogen-bond donors (Lipinski definition) is 1. The van der Waals surface area contributed by atoms with E-state index in [-0.39, 0.29) is 5.56 Å². The van der Waals surface area contributed by atoms with Gasteiger partial charge in [0.1, 0.15) is 11.6 Å². The number of nitrogens with one attached hydrogen (secondary N) is 1. The van der Waals surface area contributed by atoms with Crippen molar-refractivity contribution < 1.29 is 13.6 Å². The Morgan fingerprint density at radius 2 is 1.68 bits per heavy atom. The Labute approximate surface area is 110 Å². The molecule has 0 atom stereocenters. The second-order valence-corrected chi connectivity index (χ2v) is 4.36. The first-order valence-corrected chi connectivity index (χ1v) is 5.81. The molecule has 0 aromatic heterocycles. The van der Waals surface area contributed by atoms with E-state index in [9.17, 15) is 13.6 Å². The number of amides is 1. The highest BCUT2D eigenvalue weighted by atomic mass is 19.1. The second kappa shape index (κ2) is 5.18. The summed E-state index contributed by atoms with van der Waals surface area (Å²) in [4.78, 5) is 11.9. The van der Waals surface area contributed by atoms with Gasteiger partial charge in [-0.2, -0.15) is 0 Å². The minimum atomic E-state index is -0.772. The molecule has 0 fully saturated rings. The number of aryl methyl sites for hydroxylation is 1. The predicted octanol–water partition coefficient (Wildman–Crippen LogP) is 3.83. The van der Waals surface area contributed by atoms with E-state index < -0.39 is 17.5 Å². The fraction of sp³-hybridized carbons (Fsp3) is 0.133. The van der Waals surface area contributed by atoms with Crippen molar-refractivity contribution in [2.75, 3.05) is 5.32 Å². The molecule has 0 saturated carbocycles. The molecule has 0 aliphatic rings. The van der Waals surface area contributed by atoms with Gasteiger partial charge < -0.3 is 5.32 Å². The monoisotopic (exact) mass is 261 g/mol. The zero-order valence-corrected chi connectivity index (χ0v) is 10.6. The molecule has 1 N–H and O–H groups in total. The molecule has 0 unspecified atom stereocenters. The van der Waals surface area contributed by atoms with Crippen LogP contribution in [-0.2, 0) is 0 Å². The summed E-state index contributed by atoms with van der Waals surface area (Å²) in [5, 5.41) is 2.65. The van der Waals surface area contributed by atoms with Gasteiger partial charge in [-0.1, -0.05) is 12.1 Å². The Kier molecular flexibility index (Phi) is 3.60. The Morgan fingerprint density at radius 3 is 2.32 bits per heavy atom. The van der Waals surface area contributed by atoms with Gasteiger partial charge >= 0.3 is 0 Å². The maximum absolute atomic E-state index is 13.1. The largest absolute Gasteiger partial charge is 0.322 e. The highest BCUT2D eigenvalue weighted by Gasteiger charge is 2.11. The molecule has 0 aliphatic heterocycles. The zero-order valence-electron chi connectivity index (χ0n) is 10.6. The van der Waals surface area contributed by atoms with Crippen molar-refractivity contribution in [3.63, 3.8) is 0 Å². The van der Waals surface area contributed by atoms with Crippen molar-refractivity contribution in [1.29, 1.82) is 0 Å². The standard InChI is InChI=1S/C15H13F2NO/c1-9-4-3-5-14(10(9)2)18-15(19)11-6-12(16)8-13(17)7-11/h3-8H,1-2H3,(H,18,19). The molecule has 0 bridgehead atoms. The van der Waals surface area contributed by atoms with Crippen molar-refractivity contribution in [2.45, 2.75) is 13.8 Å². The van der Waals surface area contributed by atoms with Gasteiger partial charge in [-0.05, 0) is 43.2 Å². The number of halogens is 2. The van der Waals surface area contributed by atoms with Crippen LogP contribution in [0.2, 0.25) is 0 Å². The molecule has 0 aliphatic carbocycles. The molecule has 0 saturated heterocycles. The summed E-state index contributed by atoms with van der Waals surface area (Å²) < 4.78 is 26.1. The molecule has 2 rings (SSSR count). The van der Waals surface area contributed by atoms with Crippen LogP contribution in [0.3, 0.4) is 0 Å². The first-order chi connectivity index (χ1) is 8.97. The number of carbonyl (C=O) groups excluding carboxylic acids is 1. The summed E-state index contributed by atoms with van der Waals surface area (Å²) in [5.74, 6) is -2.08. The molecular formula is C15H13F2NO. The fourth-order valence-corrected chi connectivity index (χ4v) is 1.77. The quantitative estimate of drug-likeness (QED) is 0.874. The van der Waals surface area contributed by atoms with E-state index >= 15 is 0 Å². The Bertz CT molecular complexity index is 618. The lowest BCUT2D eigenvalue weighted by Gasteiger charge is -2.10. The van der Waals surface area contributed by atoms with E-state index in [2.05, 4.69) is 5.32 Å². The predicted molar refractivity (Wildman–Crippen MR) is 70.2 cm³/mol. The molecule has 2 aromatic carbocycles. The third-order valence-corrected chi connectivity index (χ3v) is 2.98. The number of anilines is 1. The van der Waals surface area contributed by atoms with Crippen LogP contribution in [0.1, 0.15) is 21.5 Å². The number of rotatable bonds is 2. The maximum Gasteiger partial charge on any atom is 0.255 e. The summed E-state index contributed by atoms with van der Waals surface area (Å²) in [6.45, 7) is 3.80. The van der Waals surface area contributed by atoms with Crippen LogP contribution >= 0.6 is 0 Å². The maximum atomic E-state index is 13.1. The van der Waals surface area contributed by atoms with Crippen LogP contribution in [0.5, 0.6) is 0 Å². The van der Waals surface area contributed by atoms with Crippen molar-refractivity contribution >= 4 is 11.6 Å². The summed E-state index contributed by atoms with van der Waals surface area (Å²) in [7, 11) is 0. The number of hydrogen-bond acceptors (Lipinski definition) is 1. The topological polar surface area (TPSA) is 29.1 Å². The number of benzene rings is 2. The van der Waals surface area contributed by atoms with Crippen molar-refractivity contribution in [1.82, 2.24) is 0 Å². The van der Waals surface area contributed by atoms with Gasteiger partial charge in [0, 0.05) is 17.3 Å². The summed E-state index contributed by atoms with van der Waals surface area (Å²) in [5.41, 5.74) is 2.55. The van der Waals surface area contributed by atoms with E-state index in [4.69, 9.17) is 0 Å². The van der Waals surface area contributed by atoms with Crippen LogP contribution in [-0.4, -0.2) is 5.91 Å². The molecule has 4 heteroatoms. The average Bonchev–Trinajstić information content (AvgIpc) is 2.33. The molecule has 19 heavy (non-hydrogen) atoms. The first kappa shape index (κ1) is 13.2. The summed E-state index contributed by atoms with van der Waals surface area (Å²) in [6.07, 6.45) is 0. The van der Waals surface area contributed by atoms with Gasteiger partial charge in [0.25, 0.3) is 5.91 Å². The van der Waals surface area contributed by atoms with Crippen molar-refractivity contribution in [2.24, 2.45) is 0 Å².